The van der Waals surface area contributed by atoms with Crippen molar-refractivity contribution in [2.45, 2.75) is 6.92 Å². The molecule has 0 unspecified atom stereocenters. The first kappa shape index (κ1) is 20.7. The van der Waals surface area contributed by atoms with E-state index in [4.69, 9.17) is 0 Å². The molecule has 28 heavy (non-hydrogen) atoms. The minimum atomic E-state index is -0.167. The first-order chi connectivity index (χ1) is 13.4. The molecular weight excluding hydrogens is 350 g/mol. The maximum atomic E-state index is 12.3. The van der Waals surface area contributed by atoms with E-state index in [0.717, 1.165) is 11.3 Å². The quantitative estimate of drug-likeness (QED) is 0.566. The molecule has 0 fully saturated rings. The lowest BCUT2D eigenvalue weighted by Crippen LogP contribution is -2.12. The van der Waals surface area contributed by atoms with Gasteiger partial charge in [0.25, 0.3) is 11.5 Å². The van der Waals surface area contributed by atoms with Gasteiger partial charge in [-0.3, -0.25) is 9.59 Å². The average molecular weight is 375 g/mol. The van der Waals surface area contributed by atoms with Gasteiger partial charge in [0.05, 0.1) is 0 Å². The third-order valence-corrected chi connectivity index (χ3v) is 4.04. The summed E-state index contributed by atoms with van der Waals surface area (Å²) in [7, 11) is 3.82. The zero-order chi connectivity index (χ0) is 20.5. The molecule has 0 aliphatic heterocycles. The van der Waals surface area contributed by atoms with E-state index in [1.807, 2.05) is 55.4 Å². The Morgan fingerprint density at radius 3 is 2.50 bits per heavy atom. The van der Waals surface area contributed by atoms with Crippen LogP contribution in [0.3, 0.4) is 0 Å². The van der Waals surface area contributed by atoms with Crippen LogP contribution in [-0.2, 0) is 4.79 Å². The van der Waals surface area contributed by atoms with Crippen LogP contribution < -0.4 is 10.9 Å². The third-order valence-electron chi connectivity index (χ3n) is 4.04. The Labute approximate surface area is 165 Å². The lowest BCUT2D eigenvalue weighted by Gasteiger charge is -2.10. The molecule has 0 saturated carbocycles. The summed E-state index contributed by atoms with van der Waals surface area (Å²) >= 11 is 0. The van der Waals surface area contributed by atoms with Gasteiger partial charge < -0.3 is 15.2 Å². The summed E-state index contributed by atoms with van der Waals surface area (Å²) < 4.78 is 0. The van der Waals surface area contributed by atoms with Crippen molar-refractivity contribution in [1.82, 2.24) is 9.88 Å². The molecule has 2 N–H and O–H groups in total. The van der Waals surface area contributed by atoms with Crippen LogP contribution in [0.15, 0.2) is 83.5 Å². The number of aromatic amines is 1. The van der Waals surface area contributed by atoms with Gasteiger partial charge in [0.2, 0.25) is 0 Å². The Balaban J connectivity index is 1.98. The van der Waals surface area contributed by atoms with Crippen LogP contribution in [0.5, 0.6) is 0 Å². The smallest absolute Gasteiger partial charge is 0.255 e. The van der Waals surface area contributed by atoms with Crippen molar-refractivity contribution < 1.29 is 4.79 Å². The summed E-state index contributed by atoms with van der Waals surface area (Å²) in [5.74, 6) is -0.167. The Morgan fingerprint density at radius 2 is 1.86 bits per heavy atom. The number of aromatic nitrogens is 1. The van der Waals surface area contributed by atoms with Gasteiger partial charge in [-0.05, 0) is 48.9 Å². The summed E-state index contributed by atoms with van der Waals surface area (Å²) in [6, 6.07) is 10.9. The van der Waals surface area contributed by atoms with Crippen LogP contribution in [0.2, 0.25) is 0 Å². The largest absolute Gasteiger partial charge is 0.378 e. The molecular formula is C23H25N3O2. The van der Waals surface area contributed by atoms with E-state index in [2.05, 4.69) is 16.9 Å². The molecule has 1 aromatic carbocycles. The minimum absolute atomic E-state index is 0.131. The Bertz CT molecular complexity index is 977. The van der Waals surface area contributed by atoms with Crippen LogP contribution in [0.1, 0.15) is 18.1 Å². The van der Waals surface area contributed by atoms with Gasteiger partial charge in [-0.1, -0.05) is 36.9 Å². The van der Waals surface area contributed by atoms with Crippen molar-refractivity contribution in [3.63, 3.8) is 0 Å². The molecule has 5 nitrogen and oxygen atoms in total. The maximum absolute atomic E-state index is 12.3. The second-order valence-electron chi connectivity index (χ2n) is 6.46. The highest BCUT2D eigenvalue weighted by Gasteiger charge is 2.03. The van der Waals surface area contributed by atoms with E-state index in [1.165, 1.54) is 0 Å². The Kier molecular flexibility index (Phi) is 7.34. The molecule has 1 amide bonds. The third kappa shape index (κ3) is 6.29. The number of amides is 1. The summed E-state index contributed by atoms with van der Waals surface area (Å²) in [4.78, 5) is 28.4. The highest BCUT2D eigenvalue weighted by molar-refractivity contribution is 6.03. The van der Waals surface area contributed by atoms with E-state index in [9.17, 15) is 9.59 Å². The highest BCUT2D eigenvalue weighted by Crippen LogP contribution is 2.13. The van der Waals surface area contributed by atoms with Gasteiger partial charge in [0.15, 0.2) is 0 Å². The fourth-order valence-corrected chi connectivity index (χ4v) is 2.19. The zero-order valence-corrected chi connectivity index (χ0v) is 16.4. The van der Waals surface area contributed by atoms with E-state index in [1.54, 1.807) is 43.5 Å². The van der Waals surface area contributed by atoms with Crippen molar-refractivity contribution in [1.29, 1.82) is 0 Å². The van der Waals surface area contributed by atoms with E-state index < -0.39 is 0 Å². The second kappa shape index (κ2) is 9.92. The molecule has 2 aromatic rings. The zero-order valence-electron chi connectivity index (χ0n) is 16.4. The molecule has 2 rings (SSSR count). The number of hydrogen-bond donors (Lipinski definition) is 2. The molecule has 5 heteroatoms. The summed E-state index contributed by atoms with van der Waals surface area (Å²) in [5.41, 5.74) is 3.53. The topological polar surface area (TPSA) is 65.2 Å². The molecule has 144 valence electrons. The van der Waals surface area contributed by atoms with Crippen molar-refractivity contribution in [2.75, 3.05) is 19.4 Å². The number of rotatable bonds is 7. The molecule has 0 aliphatic rings. The monoisotopic (exact) mass is 375 g/mol. The molecule has 0 atom stereocenters. The molecule has 0 saturated heterocycles. The maximum Gasteiger partial charge on any atom is 0.255 e. The molecule has 0 spiro atoms. The average Bonchev–Trinajstić information content (AvgIpc) is 2.68. The normalized spacial score (nSPS) is 11.8. The van der Waals surface area contributed by atoms with Gasteiger partial charge >= 0.3 is 0 Å². The van der Waals surface area contributed by atoms with Crippen LogP contribution in [0, 0.1) is 0 Å². The van der Waals surface area contributed by atoms with E-state index in [-0.39, 0.29) is 11.5 Å². The van der Waals surface area contributed by atoms with Gasteiger partial charge in [0, 0.05) is 42.8 Å². The number of benzene rings is 1. The number of carbonyl (C=O) groups excluding carboxylic acids is 1. The number of nitrogens with one attached hydrogen (secondary N) is 2. The number of anilines is 1. The van der Waals surface area contributed by atoms with Crippen LogP contribution in [0.25, 0.3) is 12.2 Å². The van der Waals surface area contributed by atoms with Gasteiger partial charge in [-0.25, -0.2) is 0 Å². The van der Waals surface area contributed by atoms with Gasteiger partial charge in [0.1, 0.15) is 0 Å². The lowest BCUT2D eigenvalue weighted by atomic mass is 10.1. The SMILES string of the molecule is C=C(/C=C\C=C(/C)C(=O)Nc1ccc(/C=C/c2ccc[nH]c2=O)cc1)N(C)C. The summed E-state index contributed by atoms with van der Waals surface area (Å²) in [6.07, 6.45) is 10.6. The molecule has 0 bridgehead atoms. The number of hydrogen-bond acceptors (Lipinski definition) is 3. The number of carbonyl (C=O) groups is 1. The van der Waals surface area contributed by atoms with Crippen LogP contribution >= 0.6 is 0 Å². The number of nitrogens with zero attached hydrogens (tertiary/aromatic N) is 1. The lowest BCUT2D eigenvalue weighted by molar-refractivity contribution is -0.112. The number of likely N-dealkylation sites (N-methyl/N-ethyl adjacent to an activating group) is 1. The van der Waals surface area contributed by atoms with E-state index in [0.29, 0.717) is 16.8 Å². The predicted molar refractivity (Wildman–Crippen MR) is 117 cm³/mol. The molecule has 1 aromatic heterocycles. The highest BCUT2D eigenvalue weighted by atomic mass is 16.1. The number of pyridine rings is 1. The fraction of sp³-hybridized carbons (Fsp3) is 0.130. The predicted octanol–water partition coefficient (Wildman–Crippen LogP) is 4.06. The second-order valence-corrected chi connectivity index (χ2v) is 6.46. The Morgan fingerprint density at radius 1 is 1.14 bits per heavy atom. The van der Waals surface area contributed by atoms with Crippen molar-refractivity contribution >= 4 is 23.7 Å². The molecule has 0 radical (unpaired) electrons. The fourth-order valence-electron chi connectivity index (χ4n) is 2.19. The number of allylic oxidation sites excluding steroid dienone is 3. The summed E-state index contributed by atoms with van der Waals surface area (Å²) in [6.45, 7) is 5.65. The van der Waals surface area contributed by atoms with Crippen LogP contribution in [-0.4, -0.2) is 29.9 Å². The van der Waals surface area contributed by atoms with Crippen molar-refractivity contribution in [3.05, 3.63) is 100 Å². The molecule has 1 heterocycles. The summed E-state index contributed by atoms with van der Waals surface area (Å²) in [5, 5.41) is 2.86. The van der Waals surface area contributed by atoms with Crippen molar-refractivity contribution in [3.8, 4) is 0 Å². The number of H-pyrrole nitrogens is 1. The first-order valence-electron chi connectivity index (χ1n) is 8.85. The van der Waals surface area contributed by atoms with Gasteiger partial charge in [-0.15, -0.1) is 0 Å². The van der Waals surface area contributed by atoms with Crippen molar-refractivity contribution in [2.24, 2.45) is 0 Å². The standard InChI is InChI=1S/C23H25N3O2/c1-17(7-5-8-18(2)26(3)4)22(27)25-21-14-11-19(12-15-21)10-13-20-9-6-16-24-23(20)28/h5-16H,2H2,1,3-4H3,(H,24,28)(H,25,27)/b8-5-,13-10+,17-7+. The van der Waals surface area contributed by atoms with E-state index >= 15 is 0 Å². The first-order valence-corrected chi connectivity index (χ1v) is 8.85. The Hall–Kier alpha value is -3.60. The molecule has 0 aliphatic carbocycles. The van der Waals surface area contributed by atoms with Crippen LogP contribution in [0.4, 0.5) is 5.69 Å². The van der Waals surface area contributed by atoms with Gasteiger partial charge in [-0.2, -0.15) is 0 Å². The minimum Gasteiger partial charge on any atom is -0.378 e.